The van der Waals surface area contributed by atoms with Crippen molar-refractivity contribution in [3.8, 4) is 0 Å². The van der Waals surface area contributed by atoms with E-state index in [4.69, 9.17) is 5.73 Å². The van der Waals surface area contributed by atoms with Gasteiger partial charge in [0, 0.05) is 22.0 Å². The number of hydrogen-bond acceptors (Lipinski definition) is 3. The number of nitrogens with two attached hydrogens (primary N) is 1. The lowest BCUT2D eigenvalue weighted by molar-refractivity contribution is 0.602. The fourth-order valence-electron chi connectivity index (χ4n) is 1.47. The van der Waals surface area contributed by atoms with Crippen LogP contribution in [0.5, 0.6) is 0 Å². The van der Waals surface area contributed by atoms with Crippen molar-refractivity contribution in [1.29, 1.82) is 0 Å². The van der Waals surface area contributed by atoms with Crippen molar-refractivity contribution in [3.05, 3.63) is 53.6 Å². The first-order chi connectivity index (χ1) is 8.15. The fraction of sp³-hybridized carbons (Fsp3) is 0.154. The molecule has 0 unspecified atom stereocenters. The highest BCUT2D eigenvalue weighted by Gasteiger charge is 2.04. The lowest BCUT2D eigenvalue weighted by Crippen LogP contribution is -1.91. The van der Waals surface area contributed by atoms with E-state index in [0.717, 1.165) is 11.4 Å². The molecule has 0 amide bonds. The summed E-state index contributed by atoms with van der Waals surface area (Å²) in [6.07, 6.45) is 0. The lowest BCUT2D eigenvalue weighted by atomic mass is 10.3. The molecule has 0 aliphatic rings. The number of aromatic nitrogens is 1. The summed E-state index contributed by atoms with van der Waals surface area (Å²) >= 11 is 1.42. The van der Waals surface area contributed by atoms with Crippen molar-refractivity contribution in [2.24, 2.45) is 0 Å². The van der Waals surface area contributed by atoms with Crippen LogP contribution in [-0.4, -0.2) is 4.98 Å². The first-order valence-electron chi connectivity index (χ1n) is 5.25. The largest absolute Gasteiger partial charge is 0.399 e. The third kappa shape index (κ3) is 3.20. The SMILES string of the molecule is Cc1cccc(CSc2ccc(N)cc2F)n1. The lowest BCUT2D eigenvalue weighted by Gasteiger charge is -2.04. The summed E-state index contributed by atoms with van der Waals surface area (Å²) in [5, 5.41) is 0. The highest BCUT2D eigenvalue weighted by molar-refractivity contribution is 7.98. The zero-order valence-electron chi connectivity index (χ0n) is 9.48. The van der Waals surface area contributed by atoms with Gasteiger partial charge in [-0.1, -0.05) is 6.07 Å². The predicted molar refractivity (Wildman–Crippen MR) is 69.3 cm³/mol. The Kier molecular flexibility index (Phi) is 3.64. The second-order valence-electron chi connectivity index (χ2n) is 3.75. The standard InChI is InChI=1S/C13H13FN2S/c1-9-3-2-4-11(16-9)8-17-13-6-5-10(15)7-12(13)14/h2-7H,8,15H2,1H3. The molecule has 2 N–H and O–H groups in total. The third-order valence-corrected chi connectivity index (χ3v) is 3.36. The molecule has 1 aromatic carbocycles. The summed E-state index contributed by atoms with van der Waals surface area (Å²) in [4.78, 5) is 4.97. The van der Waals surface area contributed by atoms with Gasteiger partial charge >= 0.3 is 0 Å². The average Bonchev–Trinajstić information content (AvgIpc) is 2.28. The van der Waals surface area contributed by atoms with Crippen LogP contribution in [0.1, 0.15) is 11.4 Å². The highest BCUT2D eigenvalue weighted by atomic mass is 32.2. The predicted octanol–water partition coefficient (Wildman–Crippen LogP) is 3.40. The molecule has 0 fully saturated rings. The number of thioether (sulfide) groups is 1. The molecule has 88 valence electrons. The van der Waals surface area contributed by atoms with Crippen molar-refractivity contribution in [1.82, 2.24) is 4.98 Å². The molecule has 0 radical (unpaired) electrons. The maximum atomic E-state index is 13.5. The van der Waals surface area contributed by atoms with E-state index >= 15 is 0 Å². The minimum atomic E-state index is -0.275. The van der Waals surface area contributed by atoms with Crippen LogP contribution in [0, 0.1) is 12.7 Å². The fourth-order valence-corrected chi connectivity index (χ4v) is 2.29. The number of benzene rings is 1. The molecule has 1 aromatic heterocycles. The van der Waals surface area contributed by atoms with Crippen LogP contribution < -0.4 is 5.73 Å². The monoisotopic (exact) mass is 248 g/mol. The number of nitrogen functional groups attached to an aromatic ring is 1. The summed E-state index contributed by atoms with van der Waals surface area (Å²) in [7, 11) is 0. The maximum absolute atomic E-state index is 13.5. The van der Waals surface area contributed by atoms with Crippen molar-refractivity contribution in [2.45, 2.75) is 17.6 Å². The van der Waals surface area contributed by atoms with Crippen LogP contribution in [0.2, 0.25) is 0 Å². The van der Waals surface area contributed by atoms with Crippen LogP contribution in [0.3, 0.4) is 0 Å². The molecule has 4 heteroatoms. The van der Waals surface area contributed by atoms with Crippen LogP contribution in [0.25, 0.3) is 0 Å². The smallest absolute Gasteiger partial charge is 0.138 e. The first kappa shape index (κ1) is 11.9. The van der Waals surface area contributed by atoms with Gasteiger partial charge in [0.1, 0.15) is 5.82 Å². The molecule has 0 saturated heterocycles. The van der Waals surface area contributed by atoms with Gasteiger partial charge in [0.15, 0.2) is 0 Å². The number of hydrogen-bond donors (Lipinski definition) is 1. The van der Waals surface area contributed by atoms with E-state index < -0.39 is 0 Å². The van der Waals surface area contributed by atoms with Gasteiger partial charge in [-0.2, -0.15) is 0 Å². The zero-order chi connectivity index (χ0) is 12.3. The van der Waals surface area contributed by atoms with Gasteiger partial charge in [0.05, 0.1) is 5.69 Å². The second-order valence-corrected chi connectivity index (χ2v) is 4.77. The van der Waals surface area contributed by atoms with Crippen molar-refractivity contribution in [3.63, 3.8) is 0 Å². The Morgan fingerprint density at radius 2 is 2.12 bits per heavy atom. The van der Waals surface area contributed by atoms with E-state index in [2.05, 4.69) is 4.98 Å². The summed E-state index contributed by atoms with van der Waals surface area (Å²) in [5.74, 6) is 0.380. The number of halogens is 1. The van der Waals surface area contributed by atoms with Crippen LogP contribution in [0.15, 0.2) is 41.3 Å². The Morgan fingerprint density at radius 3 is 2.82 bits per heavy atom. The Morgan fingerprint density at radius 1 is 1.29 bits per heavy atom. The van der Waals surface area contributed by atoms with E-state index in [1.807, 2.05) is 25.1 Å². The van der Waals surface area contributed by atoms with Gasteiger partial charge in [-0.15, -0.1) is 11.8 Å². The van der Waals surface area contributed by atoms with Crippen molar-refractivity contribution < 1.29 is 4.39 Å². The van der Waals surface area contributed by atoms with Crippen LogP contribution in [0.4, 0.5) is 10.1 Å². The highest BCUT2D eigenvalue weighted by Crippen LogP contribution is 2.26. The summed E-state index contributed by atoms with van der Waals surface area (Å²) < 4.78 is 13.5. The summed E-state index contributed by atoms with van der Waals surface area (Å²) in [6, 6.07) is 10.6. The molecule has 2 aromatic rings. The van der Waals surface area contributed by atoms with Gasteiger partial charge in [0.2, 0.25) is 0 Å². The number of rotatable bonds is 3. The molecule has 2 rings (SSSR count). The topological polar surface area (TPSA) is 38.9 Å². The van der Waals surface area contributed by atoms with Crippen LogP contribution in [-0.2, 0) is 5.75 Å². The molecule has 0 aliphatic carbocycles. The Bertz CT molecular complexity index is 529. The minimum Gasteiger partial charge on any atom is -0.399 e. The van der Waals surface area contributed by atoms with Crippen molar-refractivity contribution >= 4 is 17.4 Å². The van der Waals surface area contributed by atoms with E-state index in [0.29, 0.717) is 16.3 Å². The normalized spacial score (nSPS) is 10.5. The van der Waals surface area contributed by atoms with Gasteiger partial charge in [-0.25, -0.2) is 4.39 Å². The van der Waals surface area contributed by atoms with E-state index in [-0.39, 0.29) is 5.82 Å². The number of nitrogens with zero attached hydrogens (tertiary/aromatic N) is 1. The quantitative estimate of drug-likeness (QED) is 0.668. The molecule has 0 spiro atoms. The number of aryl methyl sites for hydroxylation is 1. The Balaban J connectivity index is 2.07. The molecule has 0 bridgehead atoms. The molecule has 0 aliphatic heterocycles. The minimum absolute atomic E-state index is 0.275. The number of anilines is 1. The molecular weight excluding hydrogens is 235 g/mol. The van der Waals surface area contributed by atoms with E-state index in [1.54, 1.807) is 12.1 Å². The van der Waals surface area contributed by atoms with E-state index in [9.17, 15) is 4.39 Å². The molecular formula is C13H13FN2S. The molecule has 1 heterocycles. The maximum Gasteiger partial charge on any atom is 0.138 e. The third-order valence-electron chi connectivity index (χ3n) is 2.28. The Labute approximate surface area is 104 Å². The summed E-state index contributed by atoms with van der Waals surface area (Å²) in [5.41, 5.74) is 7.86. The first-order valence-corrected chi connectivity index (χ1v) is 6.24. The Hall–Kier alpha value is -1.55. The average molecular weight is 248 g/mol. The summed E-state index contributed by atoms with van der Waals surface area (Å²) in [6.45, 7) is 1.94. The van der Waals surface area contributed by atoms with Gasteiger partial charge in [-0.05, 0) is 37.3 Å². The van der Waals surface area contributed by atoms with Crippen LogP contribution >= 0.6 is 11.8 Å². The molecule has 0 saturated carbocycles. The van der Waals surface area contributed by atoms with Gasteiger partial charge < -0.3 is 5.73 Å². The van der Waals surface area contributed by atoms with Gasteiger partial charge in [-0.3, -0.25) is 4.98 Å². The second kappa shape index (κ2) is 5.19. The van der Waals surface area contributed by atoms with Crippen molar-refractivity contribution in [2.75, 3.05) is 5.73 Å². The molecule has 0 atom stereocenters. The molecule has 17 heavy (non-hydrogen) atoms. The number of pyridine rings is 1. The van der Waals surface area contributed by atoms with E-state index in [1.165, 1.54) is 17.8 Å². The molecule has 2 nitrogen and oxygen atoms in total. The van der Waals surface area contributed by atoms with Gasteiger partial charge in [0.25, 0.3) is 0 Å². The zero-order valence-corrected chi connectivity index (χ0v) is 10.3.